The number of benzene rings is 1. The second-order valence-corrected chi connectivity index (χ2v) is 3.99. The Balaban J connectivity index is 2.45. The van der Waals surface area contributed by atoms with Crippen molar-refractivity contribution in [3.05, 3.63) is 42.0 Å². The van der Waals surface area contributed by atoms with Crippen molar-refractivity contribution in [2.75, 3.05) is 7.11 Å². The molecular weight excluding hydrogens is 196 g/mol. The highest BCUT2D eigenvalue weighted by molar-refractivity contribution is 5.59. The molecule has 0 amide bonds. The summed E-state index contributed by atoms with van der Waals surface area (Å²) in [6.45, 7) is 2.24. The van der Waals surface area contributed by atoms with Crippen molar-refractivity contribution in [2.24, 2.45) is 0 Å². The number of methoxy groups -OCH3 is 1. The predicted molar refractivity (Wildman–Crippen MR) is 70.2 cm³/mol. The van der Waals surface area contributed by atoms with Crippen molar-refractivity contribution in [3.63, 3.8) is 0 Å². The van der Waals surface area contributed by atoms with Gasteiger partial charge in [-0.25, -0.2) is 0 Å². The molecule has 0 spiro atoms. The van der Waals surface area contributed by atoms with Crippen LogP contribution in [-0.2, 0) is 4.74 Å². The Morgan fingerprint density at radius 1 is 1.12 bits per heavy atom. The molecule has 0 aliphatic carbocycles. The Hall–Kier alpha value is -1.24. The van der Waals surface area contributed by atoms with Gasteiger partial charge in [-0.15, -0.1) is 0 Å². The summed E-state index contributed by atoms with van der Waals surface area (Å²) in [5.74, 6) is 0.997. The maximum absolute atomic E-state index is 5.40. The van der Waals surface area contributed by atoms with Crippen LogP contribution in [0.25, 0.3) is 5.76 Å². The molecule has 0 saturated carbocycles. The first-order valence-corrected chi connectivity index (χ1v) is 6.18. The zero-order chi connectivity index (χ0) is 11.6. The summed E-state index contributed by atoms with van der Waals surface area (Å²) < 4.78 is 5.40. The molecule has 0 N–H and O–H groups in total. The lowest BCUT2D eigenvalue weighted by atomic mass is 10.1. The van der Waals surface area contributed by atoms with Crippen LogP contribution in [0.4, 0.5) is 0 Å². The maximum atomic E-state index is 5.40. The van der Waals surface area contributed by atoms with Gasteiger partial charge in [-0.05, 0) is 18.9 Å². The van der Waals surface area contributed by atoms with E-state index >= 15 is 0 Å². The van der Waals surface area contributed by atoms with Crippen LogP contribution in [0.15, 0.2) is 36.4 Å². The molecule has 88 valence electrons. The Labute approximate surface area is 99.1 Å². The molecule has 16 heavy (non-hydrogen) atoms. The van der Waals surface area contributed by atoms with Gasteiger partial charge in [0.15, 0.2) is 0 Å². The molecule has 1 aromatic rings. The SMILES string of the molecule is CCCCCC/C=C(\OC)c1ccccc1. The van der Waals surface area contributed by atoms with Crippen molar-refractivity contribution in [3.8, 4) is 0 Å². The Bertz CT molecular complexity index is 300. The van der Waals surface area contributed by atoms with Crippen LogP contribution in [0.2, 0.25) is 0 Å². The number of hydrogen-bond donors (Lipinski definition) is 0. The number of unbranched alkanes of at least 4 members (excludes halogenated alkanes) is 4. The summed E-state index contributed by atoms with van der Waals surface area (Å²) in [5.41, 5.74) is 1.17. The highest BCUT2D eigenvalue weighted by atomic mass is 16.5. The lowest BCUT2D eigenvalue weighted by Crippen LogP contribution is -1.87. The smallest absolute Gasteiger partial charge is 0.122 e. The van der Waals surface area contributed by atoms with Gasteiger partial charge in [-0.3, -0.25) is 0 Å². The fourth-order valence-corrected chi connectivity index (χ4v) is 1.73. The number of hydrogen-bond acceptors (Lipinski definition) is 1. The monoisotopic (exact) mass is 218 g/mol. The van der Waals surface area contributed by atoms with E-state index in [1.54, 1.807) is 7.11 Å². The highest BCUT2D eigenvalue weighted by Crippen LogP contribution is 2.16. The largest absolute Gasteiger partial charge is 0.496 e. The van der Waals surface area contributed by atoms with Crippen LogP contribution in [0.5, 0.6) is 0 Å². The zero-order valence-electron chi connectivity index (χ0n) is 10.4. The maximum Gasteiger partial charge on any atom is 0.122 e. The van der Waals surface area contributed by atoms with E-state index in [1.807, 2.05) is 18.2 Å². The van der Waals surface area contributed by atoms with Crippen LogP contribution in [0, 0.1) is 0 Å². The molecule has 0 aliphatic heterocycles. The molecule has 1 rings (SSSR count). The van der Waals surface area contributed by atoms with Crippen molar-refractivity contribution >= 4 is 5.76 Å². The van der Waals surface area contributed by atoms with E-state index in [1.165, 1.54) is 31.2 Å². The number of ether oxygens (including phenoxy) is 1. The van der Waals surface area contributed by atoms with E-state index in [0.29, 0.717) is 0 Å². The summed E-state index contributed by atoms with van der Waals surface area (Å²) in [4.78, 5) is 0. The van der Waals surface area contributed by atoms with Crippen LogP contribution in [0.3, 0.4) is 0 Å². The van der Waals surface area contributed by atoms with Gasteiger partial charge in [-0.1, -0.05) is 56.5 Å². The molecule has 0 atom stereocenters. The van der Waals surface area contributed by atoms with Gasteiger partial charge in [0, 0.05) is 5.56 Å². The molecule has 0 aliphatic rings. The van der Waals surface area contributed by atoms with E-state index in [-0.39, 0.29) is 0 Å². The first-order valence-electron chi connectivity index (χ1n) is 6.18. The molecule has 1 aromatic carbocycles. The first-order chi connectivity index (χ1) is 7.88. The zero-order valence-corrected chi connectivity index (χ0v) is 10.4. The van der Waals surface area contributed by atoms with Gasteiger partial charge in [0.05, 0.1) is 7.11 Å². The van der Waals surface area contributed by atoms with Crippen LogP contribution < -0.4 is 0 Å². The summed E-state index contributed by atoms with van der Waals surface area (Å²) in [6, 6.07) is 10.3. The third-order valence-electron chi connectivity index (χ3n) is 2.67. The average molecular weight is 218 g/mol. The second-order valence-electron chi connectivity index (χ2n) is 3.99. The van der Waals surface area contributed by atoms with Crippen LogP contribution in [0.1, 0.15) is 44.6 Å². The fourth-order valence-electron chi connectivity index (χ4n) is 1.73. The molecule has 0 heterocycles. The minimum Gasteiger partial charge on any atom is -0.496 e. The van der Waals surface area contributed by atoms with Gasteiger partial charge in [0.2, 0.25) is 0 Å². The Kier molecular flexibility index (Phi) is 6.39. The topological polar surface area (TPSA) is 9.23 Å². The van der Waals surface area contributed by atoms with Crippen molar-refractivity contribution < 1.29 is 4.74 Å². The average Bonchev–Trinajstić information content (AvgIpc) is 2.35. The van der Waals surface area contributed by atoms with Gasteiger partial charge in [-0.2, -0.15) is 0 Å². The molecule has 1 heteroatoms. The highest BCUT2D eigenvalue weighted by Gasteiger charge is 1.98. The molecule has 0 bridgehead atoms. The summed E-state index contributed by atoms with van der Waals surface area (Å²) in [5, 5.41) is 0. The number of rotatable bonds is 7. The molecular formula is C15H22O. The minimum atomic E-state index is 0.997. The van der Waals surface area contributed by atoms with Gasteiger partial charge < -0.3 is 4.74 Å². The van der Waals surface area contributed by atoms with E-state index in [2.05, 4.69) is 25.1 Å². The van der Waals surface area contributed by atoms with Crippen molar-refractivity contribution in [1.29, 1.82) is 0 Å². The van der Waals surface area contributed by atoms with E-state index in [9.17, 15) is 0 Å². The molecule has 0 radical (unpaired) electrons. The predicted octanol–water partition coefficient (Wildman–Crippen LogP) is 4.64. The second kappa shape index (κ2) is 7.98. The first kappa shape index (κ1) is 12.8. The third-order valence-corrected chi connectivity index (χ3v) is 2.67. The van der Waals surface area contributed by atoms with Crippen LogP contribution >= 0.6 is 0 Å². The lowest BCUT2D eigenvalue weighted by Gasteiger charge is -2.06. The molecule has 0 fully saturated rings. The van der Waals surface area contributed by atoms with Crippen molar-refractivity contribution in [2.45, 2.75) is 39.0 Å². The quantitative estimate of drug-likeness (QED) is 0.478. The molecule has 0 unspecified atom stereocenters. The standard InChI is InChI=1S/C15H22O/c1-3-4-5-6-10-13-15(16-2)14-11-8-7-9-12-14/h7-9,11-13H,3-6,10H2,1-2H3/b15-13-. The van der Waals surface area contributed by atoms with E-state index in [4.69, 9.17) is 4.74 Å². The third kappa shape index (κ3) is 4.52. The summed E-state index contributed by atoms with van der Waals surface area (Å²) >= 11 is 0. The Morgan fingerprint density at radius 2 is 1.88 bits per heavy atom. The number of allylic oxidation sites excluding steroid dienone is 1. The van der Waals surface area contributed by atoms with Gasteiger partial charge in [0.1, 0.15) is 5.76 Å². The normalized spacial score (nSPS) is 11.5. The molecule has 0 aromatic heterocycles. The summed E-state index contributed by atoms with van der Waals surface area (Å²) in [6.07, 6.45) is 8.51. The molecule has 1 nitrogen and oxygen atoms in total. The fraction of sp³-hybridized carbons (Fsp3) is 0.467. The summed E-state index contributed by atoms with van der Waals surface area (Å²) in [7, 11) is 1.74. The lowest BCUT2D eigenvalue weighted by molar-refractivity contribution is 0.368. The van der Waals surface area contributed by atoms with Gasteiger partial charge in [0.25, 0.3) is 0 Å². The van der Waals surface area contributed by atoms with E-state index < -0.39 is 0 Å². The van der Waals surface area contributed by atoms with Crippen molar-refractivity contribution in [1.82, 2.24) is 0 Å². The Morgan fingerprint density at radius 3 is 2.50 bits per heavy atom. The molecule has 0 saturated heterocycles. The van der Waals surface area contributed by atoms with Crippen LogP contribution in [-0.4, -0.2) is 7.11 Å². The van der Waals surface area contributed by atoms with Gasteiger partial charge >= 0.3 is 0 Å². The van der Waals surface area contributed by atoms with E-state index in [0.717, 1.165) is 12.2 Å². The minimum absolute atomic E-state index is 0.997.